The Kier molecular flexibility index (Phi) is 5.74. The van der Waals surface area contributed by atoms with Crippen LogP contribution < -0.4 is 10.6 Å². The largest absolute Gasteiger partial charge is 0.356 e. The highest BCUT2D eigenvalue weighted by Gasteiger charge is 2.08. The van der Waals surface area contributed by atoms with Gasteiger partial charge in [-0.25, -0.2) is 9.53 Å². The quantitative estimate of drug-likeness (QED) is 0.242. The predicted molar refractivity (Wildman–Crippen MR) is 148 cm³/mol. The van der Waals surface area contributed by atoms with E-state index in [1.54, 1.807) is 16.9 Å². The lowest BCUT2D eigenvalue weighted by Gasteiger charge is -2.10. The molecule has 4 aromatic carbocycles. The van der Waals surface area contributed by atoms with Crippen molar-refractivity contribution in [3.8, 4) is 16.9 Å². The van der Waals surface area contributed by atoms with Gasteiger partial charge in [0.25, 0.3) is 0 Å². The summed E-state index contributed by atoms with van der Waals surface area (Å²) in [5, 5.41) is 16.4. The average Bonchev–Trinajstić information content (AvgIpc) is 3.45. The highest BCUT2D eigenvalue weighted by atomic mass is 15.4. The number of nitrogens with one attached hydrogen (secondary N) is 2. The standard InChI is InChI=1S/C30H21N7/c1-31-25-13-16-28-27(19-25)29(17-18-32-28)34-24-9-7-21(8-10-24)30-20-37(36-35-30)26-14-11-23(12-15-26)33-22-5-3-2-4-6-22/h2-20,33H,(H,32,34). The van der Waals surface area contributed by atoms with Crippen LogP contribution in [0.1, 0.15) is 0 Å². The summed E-state index contributed by atoms with van der Waals surface area (Å²) in [5.74, 6) is 0. The summed E-state index contributed by atoms with van der Waals surface area (Å²) < 4.78 is 1.77. The number of hydrogen-bond donors (Lipinski definition) is 2. The Balaban J connectivity index is 1.18. The van der Waals surface area contributed by atoms with E-state index in [-0.39, 0.29) is 0 Å². The number of benzene rings is 4. The zero-order valence-corrected chi connectivity index (χ0v) is 19.7. The molecule has 176 valence electrons. The van der Waals surface area contributed by atoms with Gasteiger partial charge < -0.3 is 10.6 Å². The second-order valence-electron chi connectivity index (χ2n) is 8.46. The van der Waals surface area contributed by atoms with Crippen molar-refractivity contribution < 1.29 is 0 Å². The minimum absolute atomic E-state index is 0.587. The third-order valence-corrected chi connectivity index (χ3v) is 6.00. The minimum Gasteiger partial charge on any atom is -0.356 e. The van der Waals surface area contributed by atoms with Crippen molar-refractivity contribution in [1.29, 1.82) is 0 Å². The zero-order chi connectivity index (χ0) is 25.0. The third-order valence-electron chi connectivity index (χ3n) is 6.00. The summed E-state index contributed by atoms with van der Waals surface area (Å²) >= 11 is 0. The Morgan fingerprint density at radius 2 is 1.46 bits per heavy atom. The first-order chi connectivity index (χ1) is 18.2. The first-order valence-corrected chi connectivity index (χ1v) is 11.7. The van der Waals surface area contributed by atoms with E-state index in [1.807, 2.05) is 103 Å². The molecule has 0 saturated heterocycles. The van der Waals surface area contributed by atoms with Gasteiger partial charge in [-0.15, -0.1) is 5.10 Å². The van der Waals surface area contributed by atoms with E-state index in [0.29, 0.717) is 5.69 Å². The maximum absolute atomic E-state index is 7.29. The van der Waals surface area contributed by atoms with Gasteiger partial charge >= 0.3 is 0 Å². The fourth-order valence-corrected chi connectivity index (χ4v) is 4.10. The average molecular weight is 480 g/mol. The molecule has 0 bridgehead atoms. The van der Waals surface area contributed by atoms with Gasteiger partial charge in [0.1, 0.15) is 5.69 Å². The summed E-state index contributed by atoms with van der Waals surface area (Å²) in [5.41, 5.74) is 7.99. The van der Waals surface area contributed by atoms with Gasteiger partial charge in [0.2, 0.25) is 0 Å². The monoisotopic (exact) mass is 479 g/mol. The lowest BCUT2D eigenvalue weighted by molar-refractivity contribution is 0.804. The van der Waals surface area contributed by atoms with Crippen LogP contribution in [0.3, 0.4) is 0 Å². The van der Waals surface area contributed by atoms with Gasteiger partial charge in [-0.1, -0.05) is 41.6 Å². The molecule has 2 aromatic heterocycles. The van der Waals surface area contributed by atoms with Gasteiger partial charge in [0, 0.05) is 39.9 Å². The molecule has 0 fully saturated rings. The van der Waals surface area contributed by atoms with Crippen molar-refractivity contribution in [3.05, 3.63) is 127 Å². The summed E-state index contributed by atoms with van der Waals surface area (Å²) in [7, 11) is 0. The third kappa shape index (κ3) is 4.72. The topological polar surface area (TPSA) is 72.0 Å². The first-order valence-electron chi connectivity index (χ1n) is 11.7. The minimum atomic E-state index is 0.587. The molecule has 0 aliphatic carbocycles. The van der Waals surface area contributed by atoms with E-state index in [1.165, 1.54) is 0 Å². The van der Waals surface area contributed by atoms with Crippen LogP contribution >= 0.6 is 0 Å². The molecule has 2 heterocycles. The summed E-state index contributed by atoms with van der Waals surface area (Å²) in [6.07, 6.45) is 3.68. The molecule has 37 heavy (non-hydrogen) atoms. The maximum Gasteiger partial charge on any atom is 0.188 e. The van der Waals surface area contributed by atoms with E-state index in [9.17, 15) is 0 Å². The van der Waals surface area contributed by atoms with Crippen LogP contribution in [0.4, 0.5) is 28.4 Å². The Bertz CT molecular complexity index is 1720. The van der Waals surface area contributed by atoms with Crippen LogP contribution in [0.5, 0.6) is 0 Å². The SMILES string of the molecule is [C-]#[N+]c1ccc2nccc(Nc3ccc(-c4cn(-c5ccc(Nc6ccccc6)cc5)nn4)cc3)c2c1. The molecule has 6 rings (SSSR count). The second-order valence-corrected chi connectivity index (χ2v) is 8.46. The number of rotatable bonds is 6. The number of aromatic nitrogens is 4. The van der Waals surface area contributed by atoms with E-state index in [0.717, 1.165) is 50.6 Å². The lowest BCUT2D eigenvalue weighted by atomic mass is 10.1. The number of pyridine rings is 1. The molecule has 0 aliphatic rings. The molecule has 0 atom stereocenters. The van der Waals surface area contributed by atoms with Crippen molar-refractivity contribution in [1.82, 2.24) is 20.0 Å². The van der Waals surface area contributed by atoms with Gasteiger partial charge in [-0.2, -0.15) is 0 Å². The number of hydrogen-bond acceptors (Lipinski definition) is 5. The smallest absolute Gasteiger partial charge is 0.188 e. The summed E-state index contributed by atoms with van der Waals surface area (Å²) in [4.78, 5) is 7.93. The van der Waals surface area contributed by atoms with E-state index < -0.39 is 0 Å². The Morgan fingerprint density at radius 3 is 2.24 bits per heavy atom. The molecule has 6 aromatic rings. The van der Waals surface area contributed by atoms with Crippen LogP contribution in [0.15, 0.2) is 116 Å². The molecule has 0 unspecified atom stereocenters. The van der Waals surface area contributed by atoms with Gasteiger partial charge in [-0.3, -0.25) is 4.98 Å². The highest BCUT2D eigenvalue weighted by Crippen LogP contribution is 2.29. The Labute approximate surface area is 213 Å². The molecular formula is C30H21N7. The normalized spacial score (nSPS) is 10.7. The van der Waals surface area contributed by atoms with Crippen molar-refractivity contribution in [2.45, 2.75) is 0 Å². The molecule has 0 radical (unpaired) electrons. The van der Waals surface area contributed by atoms with Crippen molar-refractivity contribution in [3.63, 3.8) is 0 Å². The van der Waals surface area contributed by atoms with Crippen molar-refractivity contribution in [2.24, 2.45) is 0 Å². The molecule has 0 spiro atoms. The van der Waals surface area contributed by atoms with Crippen molar-refractivity contribution >= 4 is 39.3 Å². The summed E-state index contributed by atoms with van der Waals surface area (Å²) in [6.45, 7) is 7.29. The molecule has 0 aliphatic heterocycles. The molecular weight excluding hydrogens is 458 g/mol. The number of nitrogens with zero attached hydrogens (tertiary/aromatic N) is 5. The van der Waals surface area contributed by atoms with Crippen LogP contribution in [0.25, 0.3) is 32.7 Å². The van der Waals surface area contributed by atoms with E-state index >= 15 is 0 Å². The molecule has 7 heteroatoms. The second kappa shape index (κ2) is 9.64. The molecule has 0 amide bonds. The highest BCUT2D eigenvalue weighted by molar-refractivity contribution is 5.95. The molecule has 0 saturated carbocycles. The van der Waals surface area contributed by atoms with Gasteiger partial charge in [0.05, 0.1) is 24.0 Å². The zero-order valence-electron chi connectivity index (χ0n) is 19.7. The first kappa shape index (κ1) is 22.0. The number of para-hydroxylation sites is 1. The predicted octanol–water partition coefficient (Wildman–Crippen LogP) is 7.52. The Morgan fingerprint density at radius 1 is 0.730 bits per heavy atom. The van der Waals surface area contributed by atoms with Crippen molar-refractivity contribution in [2.75, 3.05) is 10.6 Å². The lowest BCUT2D eigenvalue weighted by Crippen LogP contribution is -1.95. The van der Waals surface area contributed by atoms with Gasteiger partial charge in [0.15, 0.2) is 5.69 Å². The Hall–Kier alpha value is -5.48. The van der Waals surface area contributed by atoms with Crippen LogP contribution in [-0.4, -0.2) is 20.0 Å². The maximum atomic E-state index is 7.29. The van der Waals surface area contributed by atoms with Crippen LogP contribution in [0, 0.1) is 6.57 Å². The number of fused-ring (bicyclic) bond motifs is 1. The fraction of sp³-hybridized carbons (Fsp3) is 0. The van der Waals surface area contributed by atoms with E-state index in [2.05, 4.69) is 30.8 Å². The number of anilines is 4. The summed E-state index contributed by atoms with van der Waals surface area (Å²) in [6, 6.07) is 33.6. The fourth-order valence-electron chi connectivity index (χ4n) is 4.10. The van der Waals surface area contributed by atoms with E-state index in [4.69, 9.17) is 6.57 Å². The van der Waals surface area contributed by atoms with Crippen LogP contribution in [-0.2, 0) is 0 Å². The molecule has 7 nitrogen and oxygen atoms in total. The molecule has 2 N–H and O–H groups in total. The van der Waals surface area contributed by atoms with Crippen LogP contribution in [0.2, 0.25) is 0 Å². The van der Waals surface area contributed by atoms with Gasteiger partial charge in [-0.05, 0) is 66.7 Å².